The molecule has 0 fully saturated rings. The van der Waals surface area contributed by atoms with Gasteiger partial charge in [0, 0.05) is 11.1 Å². The van der Waals surface area contributed by atoms with Gasteiger partial charge in [-0.2, -0.15) is 0 Å². The van der Waals surface area contributed by atoms with Crippen LogP contribution in [0.1, 0.15) is 36.2 Å². The van der Waals surface area contributed by atoms with E-state index < -0.39 is 0 Å². The highest BCUT2D eigenvalue weighted by Gasteiger charge is 2.38. The summed E-state index contributed by atoms with van der Waals surface area (Å²) in [6, 6.07) is 7.91. The van der Waals surface area contributed by atoms with Crippen LogP contribution >= 0.6 is 0 Å². The zero-order valence-corrected chi connectivity index (χ0v) is 9.58. The van der Waals surface area contributed by atoms with Crippen LogP contribution in [0.25, 0.3) is 5.57 Å². The molecule has 0 amide bonds. The number of allylic oxidation sites excluding steroid dienone is 4. The van der Waals surface area contributed by atoms with E-state index in [1.807, 2.05) is 24.3 Å². The van der Waals surface area contributed by atoms with Gasteiger partial charge in [-0.25, -0.2) is 0 Å². The standard InChI is InChI=1S/C15H14O/c1-15(2)9-5-8-11-10-6-3-4-7-12(10)14(16)13(11)15/h3-8H,9H2,1-2H3. The van der Waals surface area contributed by atoms with Crippen molar-refractivity contribution in [2.45, 2.75) is 20.3 Å². The van der Waals surface area contributed by atoms with Gasteiger partial charge in [-0.15, -0.1) is 0 Å². The van der Waals surface area contributed by atoms with Gasteiger partial charge in [-0.1, -0.05) is 50.3 Å². The van der Waals surface area contributed by atoms with Crippen LogP contribution in [0.3, 0.4) is 0 Å². The van der Waals surface area contributed by atoms with E-state index in [1.54, 1.807) is 0 Å². The van der Waals surface area contributed by atoms with Gasteiger partial charge in [0.1, 0.15) is 0 Å². The third-order valence-electron chi connectivity index (χ3n) is 3.55. The Bertz CT molecular complexity index is 544. The van der Waals surface area contributed by atoms with E-state index in [9.17, 15) is 4.79 Å². The number of ketones is 1. The van der Waals surface area contributed by atoms with Gasteiger partial charge in [-0.05, 0) is 23.0 Å². The number of hydrogen-bond donors (Lipinski definition) is 0. The number of rotatable bonds is 0. The summed E-state index contributed by atoms with van der Waals surface area (Å²) in [5.74, 6) is 0.222. The van der Waals surface area contributed by atoms with Gasteiger partial charge in [-0.3, -0.25) is 4.79 Å². The molecule has 0 bridgehead atoms. The SMILES string of the molecule is CC1(C)CC=CC2=C1C(=O)c1ccccc12. The number of carbonyl (C=O) groups is 1. The summed E-state index contributed by atoms with van der Waals surface area (Å²) in [6.07, 6.45) is 5.23. The van der Waals surface area contributed by atoms with Crippen molar-refractivity contribution >= 4 is 11.4 Å². The summed E-state index contributed by atoms with van der Waals surface area (Å²) >= 11 is 0. The molecule has 0 saturated heterocycles. The maximum Gasteiger partial charge on any atom is 0.190 e. The molecule has 2 aliphatic carbocycles. The molecule has 0 unspecified atom stereocenters. The van der Waals surface area contributed by atoms with E-state index in [2.05, 4.69) is 26.0 Å². The molecule has 1 nitrogen and oxygen atoms in total. The van der Waals surface area contributed by atoms with E-state index in [-0.39, 0.29) is 11.2 Å². The second-order valence-electron chi connectivity index (χ2n) is 5.15. The van der Waals surface area contributed by atoms with Crippen molar-refractivity contribution in [1.82, 2.24) is 0 Å². The fraction of sp³-hybridized carbons (Fsp3) is 0.267. The first-order valence-electron chi connectivity index (χ1n) is 5.67. The molecule has 0 spiro atoms. The summed E-state index contributed by atoms with van der Waals surface area (Å²) in [5.41, 5.74) is 4.08. The predicted octanol–water partition coefficient (Wildman–Crippen LogP) is 3.62. The van der Waals surface area contributed by atoms with Crippen LogP contribution in [0.5, 0.6) is 0 Å². The van der Waals surface area contributed by atoms with Crippen LogP contribution in [0.15, 0.2) is 42.0 Å². The molecule has 1 aromatic rings. The Morgan fingerprint density at radius 3 is 2.56 bits per heavy atom. The lowest BCUT2D eigenvalue weighted by Gasteiger charge is -2.27. The van der Waals surface area contributed by atoms with Crippen molar-refractivity contribution in [2.24, 2.45) is 5.41 Å². The quantitative estimate of drug-likeness (QED) is 0.639. The Morgan fingerprint density at radius 1 is 1.12 bits per heavy atom. The Balaban J connectivity index is 2.30. The van der Waals surface area contributed by atoms with Crippen molar-refractivity contribution in [3.63, 3.8) is 0 Å². The smallest absolute Gasteiger partial charge is 0.190 e. The van der Waals surface area contributed by atoms with Crippen molar-refractivity contribution in [2.75, 3.05) is 0 Å². The van der Waals surface area contributed by atoms with Crippen molar-refractivity contribution < 1.29 is 4.79 Å². The highest BCUT2D eigenvalue weighted by atomic mass is 16.1. The van der Waals surface area contributed by atoms with E-state index in [0.717, 1.165) is 28.7 Å². The van der Waals surface area contributed by atoms with Gasteiger partial charge in [0.25, 0.3) is 0 Å². The van der Waals surface area contributed by atoms with Crippen molar-refractivity contribution in [3.05, 3.63) is 53.1 Å². The normalized spacial score (nSPS) is 21.0. The molecule has 1 aromatic carbocycles. The van der Waals surface area contributed by atoms with Gasteiger partial charge in [0.15, 0.2) is 5.78 Å². The molecule has 0 aromatic heterocycles. The van der Waals surface area contributed by atoms with Crippen molar-refractivity contribution in [1.29, 1.82) is 0 Å². The summed E-state index contributed by atoms with van der Waals surface area (Å²) in [6.45, 7) is 4.30. The van der Waals surface area contributed by atoms with Gasteiger partial charge >= 0.3 is 0 Å². The topological polar surface area (TPSA) is 17.1 Å². The molecule has 3 rings (SSSR count). The molecule has 0 atom stereocenters. The molecular weight excluding hydrogens is 196 g/mol. The average Bonchev–Trinajstić information content (AvgIpc) is 2.54. The molecule has 80 valence electrons. The van der Waals surface area contributed by atoms with Gasteiger partial charge in [0.2, 0.25) is 0 Å². The first-order chi connectivity index (χ1) is 7.61. The van der Waals surface area contributed by atoms with E-state index in [4.69, 9.17) is 0 Å². The lowest BCUT2D eigenvalue weighted by Crippen LogP contribution is -2.20. The molecule has 1 heteroatoms. The van der Waals surface area contributed by atoms with E-state index >= 15 is 0 Å². The first-order valence-corrected chi connectivity index (χ1v) is 5.67. The third-order valence-corrected chi connectivity index (χ3v) is 3.55. The van der Waals surface area contributed by atoms with E-state index in [1.165, 1.54) is 0 Å². The Hall–Kier alpha value is -1.63. The summed E-state index contributed by atoms with van der Waals surface area (Å²) in [5, 5.41) is 0. The predicted molar refractivity (Wildman–Crippen MR) is 65.2 cm³/mol. The first kappa shape index (κ1) is 9.59. The monoisotopic (exact) mass is 210 g/mol. The fourth-order valence-electron chi connectivity index (χ4n) is 2.73. The lowest BCUT2D eigenvalue weighted by atomic mass is 9.75. The highest BCUT2D eigenvalue weighted by molar-refractivity contribution is 6.23. The average molecular weight is 210 g/mol. The molecule has 0 N–H and O–H groups in total. The second kappa shape index (κ2) is 2.94. The van der Waals surface area contributed by atoms with Crippen molar-refractivity contribution in [3.8, 4) is 0 Å². The molecule has 0 radical (unpaired) electrons. The third kappa shape index (κ3) is 1.09. The van der Waals surface area contributed by atoms with Crippen LogP contribution in [0.2, 0.25) is 0 Å². The fourth-order valence-corrected chi connectivity index (χ4v) is 2.73. The lowest BCUT2D eigenvalue weighted by molar-refractivity contribution is 0.101. The number of benzene rings is 1. The number of hydrogen-bond acceptors (Lipinski definition) is 1. The number of Topliss-reactive ketones (excluding diaryl/α,β-unsaturated/α-hetero) is 1. The molecule has 16 heavy (non-hydrogen) atoms. The van der Waals surface area contributed by atoms with E-state index in [0.29, 0.717) is 0 Å². The number of fused-ring (bicyclic) bond motifs is 2. The zero-order valence-electron chi connectivity index (χ0n) is 9.58. The molecule has 2 aliphatic rings. The summed E-state index contributed by atoms with van der Waals surface area (Å²) in [4.78, 5) is 12.4. The van der Waals surface area contributed by atoms with Crippen LogP contribution in [-0.4, -0.2) is 5.78 Å². The van der Waals surface area contributed by atoms with Crippen LogP contribution in [0.4, 0.5) is 0 Å². The van der Waals surface area contributed by atoms with Crippen LogP contribution in [0, 0.1) is 5.41 Å². The minimum Gasteiger partial charge on any atom is -0.289 e. The summed E-state index contributed by atoms with van der Waals surface area (Å²) in [7, 11) is 0. The van der Waals surface area contributed by atoms with Crippen LogP contribution in [-0.2, 0) is 0 Å². The highest BCUT2D eigenvalue weighted by Crippen LogP contribution is 2.46. The Labute approximate surface area is 95.5 Å². The Kier molecular flexibility index (Phi) is 1.76. The van der Waals surface area contributed by atoms with Gasteiger partial charge < -0.3 is 0 Å². The largest absolute Gasteiger partial charge is 0.289 e. The molecule has 0 saturated carbocycles. The minimum absolute atomic E-state index is 0.0276. The maximum atomic E-state index is 12.4. The zero-order chi connectivity index (χ0) is 11.3. The second-order valence-corrected chi connectivity index (χ2v) is 5.15. The molecule has 0 aliphatic heterocycles. The minimum atomic E-state index is -0.0276. The Morgan fingerprint density at radius 2 is 1.81 bits per heavy atom. The van der Waals surface area contributed by atoms with Gasteiger partial charge in [0.05, 0.1) is 0 Å². The molecular formula is C15H14O. The summed E-state index contributed by atoms with van der Waals surface area (Å²) < 4.78 is 0. The number of carbonyl (C=O) groups excluding carboxylic acids is 1. The van der Waals surface area contributed by atoms with Crippen LogP contribution < -0.4 is 0 Å². The molecule has 0 heterocycles. The maximum absolute atomic E-state index is 12.4.